The third-order valence-electron chi connectivity index (χ3n) is 5.40. The highest BCUT2D eigenvalue weighted by atomic mass is 16.5. The lowest BCUT2D eigenvalue weighted by molar-refractivity contribution is -0.113. The van der Waals surface area contributed by atoms with Gasteiger partial charge in [0.2, 0.25) is 0 Å². The molecule has 7 heteroatoms. The Morgan fingerprint density at radius 1 is 0.889 bits per heavy atom. The van der Waals surface area contributed by atoms with Crippen molar-refractivity contribution in [1.29, 1.82) is 0 Å². The standard InChI is InChI=1S/C29H28N2O5/c1-19-6-4-5-7-25(19)29(35)31-30-23(12-8-22-11-15-27(34)28(17-22)36-3)18-24(32)13-9-21-10-14-26(33)20(2)16-21/h4-17,33-34H,18H2,1-3H3,(H,31,35)/b12-8+,13-9+,30-23+. The molecular formula is C29H28N2O5. The maximum absolute atomic E-state index is 12.7. The zero-order valence-electron chi connectivity index (χ0n) is 20.4. The van der Waals surface area contributed by atoms with E-state index in [0.717, 1.165) is 11.1 Å². The number of hydrogen-bond acceptors (Lipinski definition) is 6. The summed E-state index contributed by atoms with van der Waals surface area (Å²) in [5, 5.41) is 23.7. The first-order valence-corrected chi connectivity index (χ1v) is 11.2. The van der Waals surface area contributed by atoms with Gasteiger partial charge in [0.1, 0.15) is 5.75 Å². The number of hydrogen-bond donors (Lipinski definition) is 3. The molecule has 7 nitrogen and oxygen atoms in total. The van der Waals surface area contributed by atoms with Crippen LogP contribution in [-0.2, 0) is 4.79 Å². The third kappa shape index (κ3) is 7.17. The highest BCUT2D eigenvalue weighted by molar-refractivity contribution is 6.13. The first-order chi connectivity index (χ1) is 17.3. The molecule has 0 heterocycles. The van der Waals surface area contributed by atoms with E-state index >= 15 is 0 Å². The molecule has 0 aliphatic heterocycles. The topological polar surface area (TPSA) is 108 Å². The Kier molecular flexibility index (Phi) is 8.78. The van der Waals surface area contributed by atoms with Crippen LogP contribution < -0.4 is 10.2 Å². The summed E-state index contributed by atoms with van der Waals surface area (Å²) >= 11 is 0. The number of allylic oxidation sites excluding steroid dienone is 2. The second-order valence-corrected chi connectivity index (χ2v) is 8.15. The first kappa shape index (κ1) is 26.0. The molecule has 3 rings (SSSR count). The van der Waals surface area contributed by atoms with Gasteiger partial charge in [0.05, 0.1) is 19.2 Å². The van der Waals surface area contributed by atoms with E-state index in [0.29, 0.717) is 28.2 Å². The number of aromatic hydroxyl groups is 2. The van der Waals surface area contributed by atoms with Gasteiger partial charge in [0, 0.05) is 5.56 Å². The number of phenols is 2. The average molecular weight is 485 g/mol. The maximum atomic E-state index is 12.7. The van der Waals surface area contributed by atoms with E-state index in [4.69, 9.17) is 4.74 Å². The highest BCUT2D eigenvalue weighted by Crippen LogP contribution is 2.26. The number of carbonyl (C=O) groups excluding carboxylic acids is 2. The van der Waals surface area contributed by atoms with Gasteiger partial charge < -0.3 is 14.9 Å². The molecule has 0 radical (unpaired) electrons. The van der Waals surface area contributed by atoms with Gasteiger partial charge in [-0.2, -0.15) is 5.10 Å². The summed E-state index contributed by atoms with van der Waals surface area (Å²) in [6.45, 7) is 3.61. The molecule has 0 bridgehead atoms. The first-order valence-electron chi connectivity index (χ1n) is 11.2. The molecule has 0 aliphatic carbocycles. The minimum Gasteiger partial charge on any atom is -0.508 e. The van der Waals surface area contributed by atoms with Crippen LogP contribution in [0.5, 0.6) is 17.2 Å². The van der Waals surface area contributed by atoms with E-state index in [1.165, 1.54) is 19.3 Å². The monoisotopic (exact) mass is 484 g/mol. The van der Waals surface area contributed by atoms with Crippen LogP contribution in [0.4, 0.5) is 0 Å². The van der Waals surface area contributed by atoms with Crippen LogP contribution in [0.1, 0.15) is 39.0 Å². The Bertz CT molecular complexity index is 1360. The largest absolute Gasteiger partial charge is 0.508 e. The Morgan fingerprint density at radius 3 is 2.25 bits per heavy atom. The molecule has 3 N–H and O–H groups in total. The van der Waals surface area contributed by atoms with Gasteiger partial charge >= 0.3 is 0 Å². The summed E-state index contributed by atoms with van der Waals surface area (Å²) in [4.78, 5) is 25.3. The molecule has 3 aromatic carbocycles. The Hall–Kier alpha value is -4.65. The maximum Gasteiger partial charge on any atom is 0.271 e. The van der Waals surface area contributed by atoms with Gasteiger partial charge in [0.25, 0.3) is 5.91 Å². The van der Waals surface area contributed by atoms with Crippen molar-refractivity contribution in [3.8, 4) is 17.2 Å². The lowest BCUT2D eigenvalue weighted by atomic mass is 10.1. The number of ether oxygens (including phenoxy) is 1. The van der Waals surface area contributed by atoms with Crippen molar-refractivity contribution >= 4 is 29.6 Å². The fraction of sp³-hybridized carbons (Fsp3) is 0.138. The summed E-state index contributed by atoms with van der Waals surface area (Å²) in [5.41, 5.74) is 6.35. The van der Waals surface area contributed by atoms with Crippen molar-refractivity contribution in [1.82, 2.24) is 5.43 Å². The summed E-state index contributed by atoms with van der Waals surface area (Å²) in [7, 11) is 1.46. The SMILES string of the molecule is COc1cc(/C=C/C(CC(=O)/C=C/c2ccc(O)c(C)c2)=N\NC(=O)c2ccccc2C)ccc1O. The van der Waals surface area contributed by atoms with Crippen LogP contribution in [0.15, 0.2) is 77.9 Å². The minimum atomic E-state index is -0.382. The summed E-state index contributed by atoms with van der Waals surface area (Å²) < 4.78 is 5.14. The van der Waals surface area contributed by atoms with Gasteiger partial charge in [-0.05, 0) is 78.6 Å². The fourth-order valence-corrected chi connectivity index (χ4v) is 3.35. The summed E-state index contributed by atoms with van der Waals surface area (Å²) in [6, 6.07) is 17.0. The van der Waals surface area contributed by atoms with Crippen molar-refractivity contribution in [3.05, 3.63) is 101 Å². The van der Waals surface area contributed by atoms with Crippen molar-refractivity contribution in [2.75, 3.05) is 7.11 Å². The molecule has 36 heavy (non-hydrogen) atoms. The molecule has 1 amide bonds. The summed E-state index contributed by atoms with van der Waals surface area (Å²) in [5.74, 6) is -0.0933. The van der Waals surface area contributed by atoms with Crippen LogP contribution in [-0.4, -0.2) is 34.7 Å². The van der Waals surface area contributed by atoms with Gasteiger partial charge in [-0.3, -0.25) is 9.59 Å². The number of nitrogens with one attached hydrogen (secondary N) is 1. The normalized spacial score (nSPS) is 11.7. The number of benzene rings is 3. The van der Waals surface area contributed by atoms with E-state index in [2.05, 4.69) is 10.5 Å². The van der Waals surface area contributed by atoms with Crippen LogP contribution in [0.2, 0.25) is 0 Å². The number of aryl methyl sites for hydroxylation is 2. The molecular weight excluding hydrogens is 456 g/mol. The molecule has 0 saturated carbocycles. The fourth-order valence-electron chi connectivity index (χ4n) is 3.35. The molecule has 0 aromatic heterocycles. The van der Waals surface area contributed by atoms with E-state index in [-0.39, 0.29) is 29.6 Å². The smallest absolute Gasteiger partial charge is 0.271 e. The molecule has 0 unspecified atom stereocenters. The Balaban J connectivity index is 1.81. The van der Waals surface area contributed by atoms with Crippen molar-refractivity contribution in [3.63, 3.8) is 0 Å². The quantitative estimate of drug-likeness (QED) is 0.220. The number of nitrogens with zero attached hydrogens (tertiary/aromatic N) is 1. The van der Waals surface area contributed by atoms with Crippen LogP contribution in [0.3, 0.4) is 0 Å². The molecule has 0 fully saturated rings. The molecule has 0 atom stereocenters. The number of hydrazone groups is 1. The predicted molar refractivity (Wildman–Crippen MR) is 141 cm³/mol. The highest BCUT2D eigenvalue weighted by Gasteiger charge is 2.09. The molecule has 0 saturated heterocycles. The zero-order chi connectivity index (χ0) is 26.1. The van der Waals surface area contributed by atoms with Gasteiger partial charge in [-0.1, -0.05) is 42.5 Å². The number of methoxy groups -OCH3 is 1. The zero-order valence-corrected chi connectivity index (χ0v) is 20.4. The van der Waals surface area contributed by atoms with Crippen LogP contribution in [0, 0.1) is 13.8 Å². The number of rotatable bonds is 9. The lowest BCUT2D eigenvalue weighted by Gasteiger charge is -2.06. The second-order valence-electron chi connectivity index (χ2n) is 8.15. The van der Waals surface area contributed by atoms with Gasteiger partial charge in [-0.25, -0.2) is 5.43 Å². The van der Waals surface area contributed by atoms with Crippen molar-refractivity contribution < 1.29 is 24.5 Å². The third-order valence-corrected chi connectivity index (χ3v) is 5.40. The van der Waals surface area contributed by atoms with E-state index in [9.17, 15) is 19.8 Å². The van der Waals surface area contributed by atoms with E-state index in [1.54, 1.807) is 67.6 Å². The van der Waals surface area contributed by atoms with Crippen molar-refractivity contribution in [2.24, 2.45) is 5.10 Å². The van der Waals surface area contributed by atoms with Gasteiger partial charge in [0.15, 0.2) is 17.3 Å². The van der Waals surface area contributed by atoms with Crippen LogP contribution in [0.25, 0.3) is 12.2 Å². The van der Waals surface area contributed by atoms with Gasteiger partial charge in [-0.15, -0.1) is 0 Å². The van der Waals surface area contributed by atoms with E-state index < -0.39 is 0 Å². The molecule has 184 valence electrons. The Labute approximate surface area is 210 Å². The van der Waals surface area contributed by atoms with Crippen molar-refractivity contribution in [2.45, 2.75) is 20.3 Å². The minimum absolute atomic E-state index is 0.0128. The second kappa shape index (κ2) is 12.2. The number of amides is 1. The summed E-state index contributed by atoms with van der Waals surface area (Å²) in [6.07, 6.45) is 6.36. The average Bonchev–Trinajstić information content (AvgIpc) is 2.87. The number of phenolic OH excluding ortho intramolecular Hbond substituents is 2. The number of carbonyl (C=O) groups is 2. The molecule has 0 aliphatic rings. The molecule has 0 spiro atoms. The Morgan fingerprint density at radius 2 is 1.56 bits per heavy atom. The van der Waals surface area contributed by atoms with E-state index in [1.807, 2.05) is 19.1 Å². The number of ketones is 1. The molecule has 3 aromatic rings. The predicted octanol–water partition coefficient (Wildman–Crippen LogP) is 5.20. The van der Waals surface area contributed by atoms with Crippen LogP contribution >= 0.6 is 0 Å². The lowest BCUT2D eigenvalue weighted by Crippen LogP contribution is -2.21.